The van der Waals surface area contributed by atoms with E-state index in [9.17, 15) is 31.9 Å². The molecule has 2 saturated heterocycles. The fourth-order valence-electron chi connectivity index (χ4n) is 5.34. The van der Waals surface area contributed by atoms with Gasteiger partial charge >= 0.3 is 12.2 Å². The number of carbonyl (C=O) groups excluding carboxylic acids is 3. The number of aromatic nitrogens is 2. The largest absolute Gasteiger partial charge is 0.416 e. The number of fused-ring (bicyclic) bond motifs is 1. The molecule has 0 spiro atoms. The SMILES string of the molecule is C=C(F)C(=O)N1CC(n2nc(-c3ccc(C(F)(F)F)cc3)c3cccc(C(=O)NC4CN(C(=O)Nc5ccccc5)C4)c32)C1. The highest BCUT2D eigenvalue weighted by Crippen LogP contribution is 2.36. The van der Waals surface area contributed by atoms with E-state index in [0.717, 1.165) is 12.1 Å². The first-order valence-corrected chi connectivity index (χ1v) is 13.7. The molecule has 0 bridgehead atoms. The molecule has 4 aromatic rings. The number of hydrogen-bond acceptors (Lipinski definition) is 4. The summed E-state index contributed by atoms with van der Waals surface area (Å²) < 4.78 is 54.6. The lowest BCUT2D eigenvalue weighted by atomic mass is 10.0. The van der Waals surface area contributed by atoms with Gasteiger partial charge in [-0.2, -0.15) is 18.3 Å². The van der Waals surface area contributed by atoms with E-state index >= 15 is 0 Å². The molecule has 2 aliphatic rings. The number of benzene rings is 3. The minimum Gasteiger partial charge on any atom is -0.346 e. The zero-order chi connectivity index (χ0) is 31.2. The first-order valence-electron chi connectivity index (χ1n) is 13.7. The van der Waals surface area contributed by atoms with Gasteiger partial charge in [0.05, 0.1) is 28.7 Å². The number of alkyl halides is 3. The van der Waals surface area contributed by atoms with E-state index in [2.05, 4.69) is 22.3 Å². The van der Waals surface area contributed by atoms with Gasteiger partial charge in [-0.25, -0.2) is 9.18 Å². The number of likely N-dealkylation sites (tertiary alicyclic amines) is 2. The van der Waals surface area contributed by atoms with Crippen LogP contribution in [-0.2, 0) is 11.0 Å². The average molecular weight is 607 g/mol. The number of urea groups is 1. The van der Waals surface area contributed by atoms with Crippen molar-refractivity contribution in [1.82, 2.24) is 24.9 Å². The second-order valence-corrected chi connectivity index (χ2v) is 10.7. The van der Waals surface area contributed by atoms with E-state index in [0.29, 0.717) is 40.9 Å². The monoisotopic (exact) mass is 606 g/mol. The number of nitrogens with zero attached hydrogens (tertiary/aromatic N) is 4. The number of nitrogens with one attached hydrogen (secondary N) is 2. The Morgan fingerprint density at radius 1 is 0.864 bits per heavy atom. The Kier molecular flexibility index (Phi) is 7.31. The fourth-order valence-corrected chi connectivity index (χ4v) is 5.34. The lowest BCUT2D eigenvalue weighted by molar-refractivity contribution is -0.137. The van der Waals surface area contributed by atoms with Gasteiger partial charge in [-0.3, -0.25) is 14.3 Å². The maximum absolute atomic E-state index is 13.6. The summed E-state index contributed by atoms with van der Waals surface area (Å²) >= 11 is 0. The Bertz CT molecular complexity index is 1760. The van der Waals surface area contributed by atoms with Crippen molar-refractivity contribution in [1.29, 1.82) is 0 Å². The lowest BCUT2D eigenvalue weighted by Gasteiger charge is -2.40. The Morgan fingerprint density at radius 2 is 1.55 bits per heavy atom. The van der Waals surface area contributed by atoms with E-state index in [1.54, 1.807) is 52.0 Å². The normalized spacial score (nSPS) is 15.5. The summed E-state index contributed by atoms with van der Waals surface area (Å²) in [6, 6.07) is 17.5. The molecule has 0 unspecified atom stereocenters. The van der Waals surface area contributed by atoms with Crippen LogP contribution in [0.5, 0.6) is 0 Å². The molecule has 0 saturated carbocycles. The number of para-hydroxylation sites is 2. The minimum absolute atomic E-state index is 0.106. The molecule has 13 heteroatoms. The van der Waals surface area contributed by atoms with Crippen LogP contribution in [0.1, 0.15) is 22.0 Å². The summed E-state index contributed by atoms with van der Waals surface area (Å²) in [6.07, 6.45) is -4.51. The molecule has 2 N–H and O–H groups in total. The van der Waals surface area contributed by atoms with Crippen LogP contribution in [-0.4, -0.2) is 69.6 Å². The van der Waals surface area contributed by atoms with Gasteiger partial charge in [0.1, 0.15) is 5.69 Å². The van der Waals surface area contributed by atoms with Crippen molar-refractivity contribution in [2.45, 2.75) is 18.3 Å². The zero-order valence-corrected chi connectivity index (χ0v) is 23.1. The smallest absolute Gasteiger partial charge is 0.346 e. The standard InChI is InChI=1S/C31H26F4N6O3/c1-18(32)29(43)39-16-23(17-39)41-27-24(26(38-41)19-10-12-20(13-11-19)31(33,34)35)8-5-9-25(27)28(42)36-22-14-40(15-22)30(44)37-21-6-3-2-4-7-21/h2-13,22-23H,1,14-17H2,(H,36,42)(H,37,44). The molecule has 44 heavy (non-hydrogen) atoms. The number of amides is 4. The summed E-state index contributed by atoms with van der Waals surface area (Å²) in [5.41, 5.74) is 1.30. The molecule has 3 heterocycles. The second-order valence-electron chi connectivity index (χ2n) is 10.7. The highest BCUT2D eigenvalue weighted by Gasteiger charge is 2.37. The van der Waals surface area contributed by atoms with Crippen molar-refractivity contribution in [3.63, 3.8) is 0 Å². The van der Waals surface area contributed by atoms with Crippen molar-refractivity contribution < 1.29 is 31.9 Å². The van der Waals surface area contributed by atoms with Crippen LogP contribution in [0, 0.1) is 0 Å². The summed E-state index contributed by atoms with van der Waals surface area (Å²) in [6.45, 7) is 3.85. The molecule has 6 rings (SSSR count). The first kappa shape index (κ1) is 28.9. The van der Waals surface area contributed by atoms with Crippen LogP contribution in [0.2, 0.25) is 0 Å². The Labute approximate surface area is 248 Å². The number of rotatable bonds is 6. The topological polar surface area (TPSA) is 99.6 Å². The predicted octanol–water partition coefficient (Wildman–Crippen LogP) is 5.23. The summed E-state index contributed by atoms with van der Waals surface area (Å²) in [5.74, 6) is -2.36. The van der Waals surface area contributed by atoms with Crippen molar-refractivity contribution in [2.75, 3.05) is 31.5 Å². The Hall–Kier alpha value is -5.20. The summed E-state index contributed by atoms with van der Waals surface area (Å²) in [4.78, 5) is 40.9. The summed E-state index contributed by atoms with van der Waals surface area (Å²) in [5, 5.41) is 10.9. The number of hydrogen-bond donors (Lipinski definition) is 2. The summed E-state index contributed by atoms with van der Waals surface area (Å²) in [7, 11) is 0. The molecule has 2 fully saturated rings. The van der Waals surface area contributed by atoms with Gasteiger partial charge in [0.15, 0.2) is 5.83 Å². The fraction of sp³-hybridized carbons (Fsp3) is 0.226. The van der Waals surface area contributed by atoms with Gasteiger partial charge in [0.2, 0.25) is 0 Å². The van der Waals surface area contributed by atoms with Gasteiger partial charge < -0.3 is 20.4 Å². The molecule has 9 nitrogen and oxygen atoms in total. The molecular weight excluding hydrogens is 580 g/mol. The van der Waals surface area contributed by atoms with E-state index in [1.165, 1.54) is 17.0 Å². The van der Waals surface area contributed by atoms with Crippen LogP contribution < -0.4 is 10.6 Å². The third-order valence-electron chi connectivity index (χ3n) is 7.71. The molecule has 3 aromatic carbocycles. The zero-order valence-electron chi connectivity index (χ0n) is 23.1. The molecule has 0 radical (unpaired) electrons. The minimum atomic E-state index is -4.51. The number of halogens is 4. The van der Waals surface area contributed by atoms with Crippen molar-refractivity contribution >= 4 is 34.4 Å². The molecule has 1 aromatic heterocycles. The maximum Gasteiger partial charge on any atom is 0.416 e. The Balaban J connectivity index is 1.26. The Morgan fingerprint density at radius 3 is 2.18 bits per heavy atom. The first-order chi connectivity index (χ1) is 21.0. The predicted molar refractivity (Wildman–Crippen MR) is 154 cm³/mol. The molecule has 4 amide bonds. The van der Waals surface area contributed by atoms with Crippen LogP contribution >= 0.6 is 0 Å². The molecule has 2 aliphatic heterocycles. The second kappa shape index (κ2) is 11.1. The maximum atomic E-state index is 13.6. The molecular formula is C31H26F4N6O3. The van der Waals surface area contributed by atoms with Gasteiger partial charge in [-0.15, -0.1) is 0 Å². The highest BCUT2D eigenvalue weighted by molar-refractivity contribution is 6.09. The highest BCUT2D eigenvalue weighted by atomic mass is 19.4. The third-order valence-corrected chi connectivity index (χ3v) is 7.71. The molecule has 0 aliphatic carbocycles. The molecule has 0 atom stereocenters. The van der Waals surface area contributed by atoms with Gasteiger partial charge in [-0.05, 0) is 30.3 Å². The number of anilines is 1. The van der Waals surface area contributed by atoms with Gasteiger partial charge in [0.25, 0.3) is 11.8 Å². The van der Waals surface area contributed by atoms with E-state index in [-0.39, 0.29) is 30.7 Å². The van der Waals surface area contributed by atoms with Crippen LogP contribution in [0.25, 0.3) is 22.2 Å². The van der Waals surface area contributed by atoms with Crippen LogP contribution in [0.4, 0.5) is 28.0 Å². The van der Waals surface area contributed by atoms with Crippen LogP contribution in [0.15, 0.2) is 85.2 Å². The van der Waals surface area contributed by atoms with Crippen molar-refractivity contribution in [2.24, 2.45) is 0 Å². The quantitative estimate of drug-likeness (QED) is 0.232. The van der Waals surface area contributed by atoms with Crippen molar-refractivity contribution in [3.05, 3.63) is 96.3 Å². The molecule has 226 valence electrons. The van der Waals surface area contributed by atoms with E-state index < -0.39 is 35.4 Å². The number of carbonyl (C=O) groups is 3. The van der Waals surface area contributed by atoms with Gasteiger partial charge in [-0.1, -0.05) is 49.0 Å². The average Bonchev–Trinajstić information content (AvgIpc) is 3.33. The van der Waals surface area contributed by atoms with Crippen molar-refractivity contribution in [3.8, 4) is 11.3 Å². The van der Waals surface area contributed by atoms with Crippen LogP contribution in [0.3, 0.4) is 0 Å². The van der Waals surface area contributed by atoms with Gasteiger partial charge in [0, 0.05) is 42.8 Å². The van der Waals surface area contributed by atoms with E-state index in [1.807, 2.05) is 6.07 Å². The van der Waals surface area contributed by atoms with E-state index in [4.69, 9.17) is 0 Å². The lowest BCUT2D eigenvalue weighted by Crippen LogP contribution is -2.61. The third kappa shape index (κ3) is 5.48.